The van der Waals surface area contributed by atoms with Crippen molar-refractivity contribution in [2.24, 2.45) is 0 Å². The van der Waals surface area contributed by atoms with Gasteiger partial charge in [-0.3, -0.25) is 19.4 Å². The van der Waals surface area contributed by atoms with Crippen molar-refractivity contribution in [2.75, 3.05) is 16.2 Å². The molecule has 3 aromatic rings. The number of carboxylic acid groups (broad SMARTS) is 1. The fourth-order valence-corrected chi connectivity index (χ4v) is 6.31. The van der Waals surface area contributed by atoms with Crippen LogP contribution in [0.1, 0.15) is 12.0 Å². The summed E-state index contributed by atoms with van der Waals surface area (Å²) in [5.41, 5.74) is -1.51. The molecule has 1 unspecified atom stereocenters. The number of rotatable bonds is 7. The summed E-state index contributed by atoms with van der Waals surface area (Å²) in [6.07, 6.45) is -5.84. The number of carbonyl (C=O) groups is 2. The van der Waals surface area contributed by atoms with Gasteiger partial charge in [0.1, 0.15) is 11.9 Å². The average molecular weight is 601 g/mol. The van der Waals surface area contributed by atoms with Gasteiger partial charge in [0.05, 0.1) is 34.0 Å². The molecule has 0 saturated heterocycles. The lowest BCUT2D eigenvalue weighted by molar-refractivity contribution is -0.137. The summed E-state index contributed by atoms with van der Waals surface area (Å²) in [7, 11) is -9.02. The number of hydrogen-bond acceptors (Lipinski definition) is 8. The predicted molar refractivity (Wildman–Crippen MR) is 133 cm³/mol. The maximum atomic E-state index is 13.6. The smallest absolute Gasteiger partial charge is 0.416 e. The third-order valence-corrected chi connectivity index (χ3v) is 8.68. The largest absolute Gasteiger partial charge is 0.486 e. The summed E-state index contributed by atoms with van der Waals surface area (Å²) in [5, 5.41) is 11.1. The standard InChI is InChI=1S/C23H19F3N4O8S2/c24-23(25,26)14-2-1-3-18(10-14)40(36,37)30-13-16(38-20-5-4-15(11-19(20)30)28-22(32)33)12-21(31)29-39(34,35)17-6-8-27-9-7-17/h1-11,16,28H,12-13H2,(H,29,31)(H,32,33). The first-order valence-corrected chi connectivity index (χ1v) is 14.1. The molecule has 1 aromatic heterocycles. The first-order valence-electron chi connectivity index (χ1n) is 11.1. The first kappa shape index (κ1) is 28.6. The molecule has 212 valence electrons. The van der Waals surface area contributed by atoms with Crippen LogP contribution in [-0.4, -0.2) is 51.6 Å². The molecule has 0 aliphatic carbocycles. The van der Waals surface area contributed by atoms with Crippen molar-refractivity contribution in [1.29, 1.82) is 0 Å². The first-order chi connectivity index (χ1) is 18.7. The SMILES string of the molecule is O=C(O)Nc1ccc2c(c1)N(S(=O)(=O)c1cccc(C(F)(F)F)c1)CC(CC(=O)NS(=O)(=O)c1ccncc1)O2. The Bertz CT molecular complexity index is 1670. The van der Waals surface area contributed by atoms with Gasteiger partial charge in [-0.2, -0.15) is 13.2 Å². The van der Waals surface area contributed by atoms with Crippen LogP contribution in [0.4, 0.5) is 29.3 Å². The highest BCUT2D eigenvalue weighted by atomic mass is 32.2. The summed E-state index contributed by atoms with van der Waals surface area (Å²) in [5.74, 6) is -1.20. The molecule has 2 aromatic carbocycles. The van der Waals surface area contributed by atoms with Crippen LogP contribution in [0, 0.1) is 0 Å². The van der Waals surface area contributed by atoms with Gasteiger partial charge in [0, 0.05) is 18.1 Å². The lowest BCUT2D eigenvalue weighted by Gasteiger charge is -2.35. The van der Waals surface area contributed by atoms with Gasteiger partial charge in [0.2, 0.25) is 5.91 Å². The molecule has 0 radical (unpaired) electrons. The molecule has 0 fully saturated rings. The number of benzene rings is 2. The van der Waals surface area contributed by atoms with Gasteiger partial charge in [-0.15, -0.1) is 0 Å². The Morgan fingerprint density at radius 3 is 2.38 bits per heavy atom. The van der Waals surface area contributed by atoms with E-state index >= 15 is 0 Å². The van der Waals surface area contributed by atoms with Crippen molar-refractivity contribution in [3.05, 3.63) is 72.6 Å². The number of fused-ring (bicyclic) bond motifs is 1. The van der Waals surface area contributed by atoms with Crippen LogP contribution in [0.3, 0.4) is 0 Å². The molecule has 1 atom stereocenters. The molecule has 0 bridgehead atoms. The van der Waals surface area contributed by atoms with Gasteiger partial charge in [0.25, 0.3) is 20.0 Å². The number of aromatic nitrogens is 1. The molecular formula is C23H19F3N4O8S2. The molecule has 40 heavy (non-hydrogen) atoms. The van der Waals surface area contributed by atoms with E-state index in [1.807, 2.05) is 10.0 Å². The Morgan fingerprint density at radius 1 is 1.02 bits per heavy atom. The molecule has 12 nitrogen and oxygen atoms in total. The number of ether oxygens (including phenoxy) is 1. The maximum absolute atomic E-state index is 13.6. The summed E-state index contributed by atoms with van der Waals surface area (Å²) >= 11 is 0. The van der Waals surface area contributed by atoms with Crippen LogP contribution in [0.5, 0.6) is 5.75 Å². The Balaban J connectivity index is 1.68. The minimum atomic E-state index is -4.84. The van der Waals surface area contributed by atoms with Crippen LogP contribution in [-0.2, 0) is 31.0 Å². The minimum absolute atomic E-state index is 0.0706. The fourth-order valence-electron chi connectivity index (χ4n) is 3.78. The molecule has 1 aliphatic heterocycles. The topological polar surface area (TPSA) is 172 Å². The average Bonchev–Trinajstić information content (AvgIpc) is 2.88. The van der Waals surface area contributed by atoms with Gasteiger partial charge >= 0.3 is 12.3 Å². The second-order valence-corrected chi connectivity index (χ2v) is 11.9. The fraction of sp³-hybridized carbons (Fsp3) is 0.174. The summed E-state index contributed by atoms with van der Waals surface area (Å²) in [6.45, 7) is -0.620. The monoisotopic (exact) mass is 600 g/mol. The normalized spacial score (nSPS) is 15.5. The quantitative estimate of drug-likeness (QED) is 0.369. The summed E-state index contributed by atoms with van der Waals surface area (Å²) < 4.78 is 100. The Morgan fingerprint density at radius 2 is 1.73 bits per heavy atom. The van der Waals surface area contributed by atoms with E-state index in [-0.39, 0.29) is 22.0 Å². The number of halogens is 3. The summed E-state index contributed by atoms with van der Waals surface area (Å²) in [4.78, 5) is 26.4. The second-order valence-electron chi connectivity index (χ2n) is 8.33. The van der Waals surface area contributed by atoms with E-state index in [1.165, 1.54) is 24.5 Å². The van der Waals surface area contributed by atoms with Gasteiger partial charge < -0.3 is 9.84 Å². The Labute approximate surface area is 225 Å². The van der Waals surface area contributed by atoms with Crippen LogP contribution in [0.2, 0.25) is 0 Å². The lowest BCUT2D eigenvalue weighted by Crippen LogP contribution is -2.46. The molecule has 2 heterocycles. The molecule has 1 aliphatic rings. The number of nitrogens with one attached hydrogen (secondary N) is 2. The minimum Gasteiger partial charge on any atom is -0.486 e. The third-order valence-electron chi connectivity index (χ3n) is 5.51. The number of sulfonamides is 2. The highest BCUT2D eigenvalue weighted by molar-refractivity contribution is 7.92. The third kappa shape index (κ3) is 6.26. The van der Waals surface area contributed by atoms with Gasteiger partial charge in [0.15, 0.2) is 0 Å². The maximum Gasteiger partial charge on any atom is 0.416 e. The van der Waals surface area contributed by atoms with Crippen molar-refractivity contribution in [1.82, 2.24) is 9.71 Å². The molecule has 4 rings (SSSR count). The van der Waals surface area contributed by atoms with E-state index in [4.69, 9.17) is 9.84 Å². The van der Waals surface area contributed by atoms with Crippen LogP contribution >= 0.6 is 0 Å². The number of nitrogens with zero attached hydrogens (tertiary/aromatic N) is 2. The van der Waals surface area contributed by atoms with Crippen molar-refractivity contribution < 1.29 is 49.4 Å². The van der Waals surface area contributed by atoms with E-state index in [2.05, 4.69) is 4.98 Å². The van der Waals surface area contributed by atoms with E-state index in [1.54, 1.807) is 0 Å². The molecule has 2 amide bonds. The highest BCUT2D eigenvalue weighted by Crippen LogP contribution is 2.40. The van der Waals surface area contributed by atoms with Gasteiger partial charge in [-0.05, 0) is 48.5 Å². The van der Waals surface area contributed by atoms with Crippen LogP contribution < -0.4 is 19.1 Å². The van der Waals surface area contributed by atoms with Crippen molar-refractivity contribution in [3.8, 4) is 5.75 Å². The highest BCUT2D eigenvalue weighted by Gasteiger charge is 2.38. The number of amides is 2. The lowest BCUT2D eigenvalue weighted by atomic mass is 10.1. The summed E-state index contributed by atoms with van der Waals surface area (Å²) in [6, 6.07) is 8.81. The van der Waals surface area contributed by atoms with Crippen molar-refractivity contribution in [3.63, 3.8) is 0 Å². The second kappa shape index (κ2) is 10.6. The zero-order valence-electron chi connectivity index (χ0n) is 20.0. The van der Waals surface area contributed by atoms with E-state index < -0.39 is 67.8 Å². The van der Waals surface area contributed by atoms with E-state index in [0.717, 1.165) is 30.3 Å². The van der Waals surface area contributed by atoms with Gasteiger partial charge in [-0.25, -0.2) is 26.4 Å². The van der Waals surface area contributed by atoms with Crippen LogP contribution in [0.25, 0.3) is 0 Å². The number of pyridine rings is 1. The molecule has 0 spiro atoms. The predicted octanol–water partition coefficient (Wildman–Crippen LogP) is 3.04. The van der Waals surface area contributed by atoms with Crippen molar-refractivity contribution in [2.45, 2.75) is 28.5 Å². The Kier molecular flexibility index (Phi) is 7.62. The molecular weight excluding hydrogens is 581 g/mol. The Hall–Kier alpha value is -4.38. The number of carbonyl (C=O) groups excluding carboxylic acids is 1. The zero-order valence-corrected chi connectivity index (χ0v) is 21.6. The van der Waals surface area contributed by atoms with Crippen molar-refractivity contribution >= 4 is 43.4 Å². The van der Waals surface area contributed by atoms with Crippen LogP contribution in [0.15, 0.2) is 76.8 Å². The number of anilines is 2. The zero-order chi connectivity index (χ0) is 29.3. The molecule has 17 heteroatoms. The number of hydrogen-bond donors (Lipinski definition) is 3. The van der Waals surface area contributed by atoms with Gasteiger partial charge in [-0.1, -0.05) is 6.07 Å². The molecule has 0 saturated carbocycles. The number of alkyl halides is 3. The van der Waals surface area contributed by atoms with E-state index in [9.17, 15) is 39.6 Å². The molecule has 3 N–H and O–H groups in total. The van der Waals surface area contributed by atoms with E-state index in [0.29, 0.717) is 16.4 Å².